The zero-order chi connectivity index (χ0) is 9.42. The number of fused-ring (bicyclic) bond motifs is 1. The highest BCUT2D eigenvalue weighted by Crippen LogP contribution is 2.27. The van der Waals surface area contributed by atoms with E-state index in [9.17, 15) is 9.59 Å². The Kier molecular flexibility index (Phi) is 1.76. The topological polar surface area (TPSA) is 66.7 Å². The number of dihydropyridines is 1. The van der Waals surface area contributed by atoms with Crippen LogP contribution in [0, 0.1) is 5.92 Å². The van der Waals surface area contributed by atoms with Gasteiger partial charge in [0.25, 0.3) is 5.91 Å². The van der Waals surface area contributed by atoms with Gasteiger partial charge in [0.1, 0.15) is 0 Å². The molecule has 2 aliphatic rings. The average molecular weight is 179 g/mol. The van der Waals surface area contributed by atoms with Gasteiger partial charge in [-0.1, -0.05) is 6.08 Å². The van der Waals surface area contributed by atoms with E-state index >= 15 is 0 Å². The summed E-state index contributed by atoms with van der Waals surface area (Å²) in [6, 6.07) is 0. The van der Waals surface area contributed by atoms with Crippen molar-refractivity contribution in [1.29, 1.82) is 0 Å². The Morgan fingerprint density at radius 1 is 1.54 bits per heavy atom. The predicted molar refractivity (Wildman–Crippen MR) is 45.5 cm³/mol. The van der Waals surface area contributed by atoms with Gasteiger partial charge < -0.3 is 5.11 Å². The van der Waals surface area contributed by atoms with E-state index in [0.29, 0.717) is 0 Å². The Hall–Kier alpha value is -1.45. The van der Waals surface area contributed by atoms with Gasteiger partial charge in [0, 0.05) is 5.71 Å². The molecule has 1 saturated carbocycles. The summed E-state index contributed by atoms with van der Waals surface area (Å²) in [5.41, 5.74) is 1.74. The van der Waals surface area contributed by atoms with E-state index in [4.69, 9.17) is 5.11 Å². The molecule has 1 heterocycles. The van der Waals surface area contributed by atoms with Crippen LogP contribution < -0.4 is 0 Å². The first kappa shape index (κ1) is 8.16. The standard InChI is InChI=1S/C9H9NO3/c11-8-6(9(12)13)4-5-2-1-3-7(5)10-8/h4,6H,1-3H2,(H,12,13). The van der Waals surface area contributed by atoms with Crippen molar-refractivity contribution >= 4 is 17.6 Å². The monoisotopic (exact) mass is 179 g/mol. The van der Waals surface area contributed by atoms with E-state index in [-0.39, 0.29) is 0 Å². The molecule has 0 radical (unpaired) electrons. The maximum Gasteiger partial charge on any atom is 0.320 e. The lowest BCUT2D eigenvalue weighted by molar-refractivity contribution is -0.143. The van der Waals surface area contributed by atoms with Crippen LogP contribution in [0.2, 0.25) is 0 Å². The number of aliphatic carboxylic acids is 1. The molecule has 1 N–H and O–H groups in total. The van der Waals surface area contributed by atoms with Crippen LogP contribution in [-0.4, -0.2) is 22.7 Å². The van der Waals surface area contributed by atoms with Crippen molar-refractivity contribution in [3.05, 3.63) is 11.6 Å². The maximum atomic E-state index is 11.2. The highest BCUT2D eigenvalue weighted by atomic mass is 16.4. The minimum atomic E-state index is -1.10. The van der Waals surface area contributed by atoms with E-state index < -0.39 is 17.8 Å². The van der Waals surface area contributed by atoms with Gasteiger partial charge in [-0.15, -0.1) is 0 Å². The third kappa shape index (κ3) is 1.28. The number of amides is 1. The van der Waals surface area contributed by atoms with Gasteiger partial charge in [-0.25, -0.2) is 4.99 Å². The molecule has 0 spiro atoms. The summed E-state index contributed by atoms with van der Waals surface area (Å²) in [6.07, 6.45) is 4.18. The number of rotatable bonds is 1. The second kappa shape index (κ2) is 2.80. The number of allylic oxidation sites excluding steroid dienone is 1. The SMILES string of the molecule is O=C(O)C1C=C2CCCC2=NC1=O. The van der Waals surface area contributed by atoms with Crippen LogP contribution in [0.15, 0.2) is 16.6 Å². The molecule has 1 aliphatic heterocycles. The zero-order valence-corrected chi connectivity index (χ0v) is 6.99. The predicted octanol–water partition coefficient (Wildman–Crippen LogP) is 0.779. The molecule has 0 bridgehead atoms. The second-order valence-electron chi connectivity index (χ2n) is 3.26. The van der Waals surface area contributed by atoms with Crippen LogP contribution in [0.25, 0.3) is 0 Å². The van der Waals surface area contributed by atoms with Gasteiger partial charge in [0.2, 0.25) is 0 Å². The van der Waals surface area contributed by atoms with Crippen LogP contribution in [0.4, 0.5) is 0 Å². The number of carbonyl (C=O) groups excluding carboxylic acids is 1. The van der Waals surface area contributed by atoms with Gasteiger partial charge in [-0.3, -0.25) is 9.59 Å². The molecule has 1 aliphatic carbocycles. The molecule has 0 aromatic rings. The summed E-state index contributed by atoms with van der Waals surface area (Å²) >= 11 is 0. The van der Waals surface area contributed by atoms with Crippen LogP contribution in [-0.2, 0) is 9.59 Å². The lowest BCUT2D eigenvalue weighted by Gasteiger charge is -2.11. The molecule has 1 fully saturated rings. The summed E-state index contributed by atoms with van der Waals surface area (Å²) in [5, 5.41) is 8.69. The summed E-state index contributed by atoms with van der Waals surface area (Å²) in [5.74, 6) is -2.68. The summed E-state index contributed by atoms with van der Waals surface area (Å²) < 4.78 is 0. The van der Waals surface area contributed by atoms with Crippen molar-refractivity contribution in [3.8, 4) is 0 Å². The van der Waals surface area contributed by atoms with E-state index in [1.54, 1.807) is 6.08 Å². The highest BCUT2D eigenvalue weighted by Gasteiger charge is 2.31. The maximum absolute atomic E-state index is 11.2. The minimum absolute atomic E-state index is 0.534. The molecule has 13 heavy (non-hydrogen) atoms. The Morgan fingerprint density at radius 2 is 2.31 bits per heavy atom. The van der Waals surface area contributed by atoms with Crippen molar-refractivity contribution in [2.75, 3.05) is 0 Å². The van der Waals surface area contributed by atoms with Crippen molar-refractivity contribution in [1.82, 2.24) is 0 Å². The molecule has 4 heteroatoms. The molecular weight excluding hydrogens is 170 g/mol. The van der Waals surface area contributed by atoms with Gasteiger partial charge in [-0.05, 0) is 24.8 Å². The number of nitrogens with zero attached hydrogens (tertiary/aromatic N) is 1. The molecule has 1 amide bonds. The van der Waals surface area contributed by atoms with Gasteiger partial charge >= 0.3 is 5.97 Å². The number of aliphatic imine (C=N–C) groups is 1. The van der Waals surface area contributed by atoms with Gasteiger partial charge in [-0.2, -0.15) is 0 Å². The highest BCUT2D eigenvalue weighted by molar-refractivity contribution is 6.15. The minimum Gasteiger partial charge on any atom is -0.480 e. The summed E-state index contributed by atoms with van der Waals surface area (Å²) in [4.78, 5) is 25.6. The van der Waals surface area contributed by atoms with Crippen LogP contribution >= 0.6 is 0 Å². The molecule has 4 nitrogen and oxygen atoms in total. The first-order valence-electron chi connectivity index (χ1n) is 4.24. The Bertz CT molecular complexity index is 341. The Balaban J connectivity index is 2.34. The lowest BCUT2D eigenvalue weighted by atomic mass is 10.00. The largest absolute Gasteiger partial charge is 0.480 e. The van der Waals surface area contributed by atoms with E-state index in [1.807, 2.05) is 0 Å². The number of carboxylic acid groups (broad SMARTS) is 1. The van der Waals surface area contributed by atoms with Crippen molar-refractivity contribution < 1.29 is 14.7 Å². The molecular formula is C9H9NO3. The van der Waals surface area contributed by atoms with Crippen molar-refractivity contribution in [2.24, 2.45) is 10.9 Å². The smallest absolute Gasteiger partial charge is 0.320 e. The van der Waals surface area contributed by atoms with Crippen LogP contribution in [0.1, 0.15) is 19.3 Å². The number of hydrogen-bond donors (Lipinski definition) is 1. The van der Waals surface area contributed by atoms with E-state index in [2.05, 4.69) is 4.99 Å². The quantitative estimate of drug-likeness (QED) is 0.605. The molecule has 2 rings (SSSR count). The van der Waals surface area contributed by atoms with Crippen LogP contribution in [0.5, 0.6) is 0 Å². The molecule has 68 valence electrons. The van der Waals surface area contributed by atoms with Crippen LogP contribution in [0.3, 0.4) is 0 Å². The number of carbonyl (C=O) groups is 2. The molecule has 0 saturated heterocycles. The van der Waals surface area contributed by atoms with E-state index in [0.717, 1.165) is 30.5 Å². The third-order valence-corrected chi connectivity index (χ3v) is 2.38. The fourth-order valence-electron chi connectivity index (χ4n) is 1.71. The molecule has 1 unspecified atom stereocenters. The van der Waals surface area contributed by atoms with Crippen molar-refractivity contribution in [3.63, 3.8) is 0 Å². The molecule has 1 atom stereocenters. The van der Waals surface area contributed by atoms with Gasteiger partial charge in [0.15, 0.2) is 5.92 Å². The third-order valence-electron chi connectivity index (χ3n) is 2.38. The average Bonchev–Trinajstić information content (AvgIpc) is 2.48. The molecule has 0 aromatic heterocycles. The molecule has 0 aromatic carbocycles. The fraction of sp³-hybridized carbons (Fsp3) is 0.444. The van der Waals surface area contributed by atoms with E-state index in [1.165, 1.54) is 0 Å². The summed E-state index contributed by atoms with van der Waals surface area (Å²) in [7, 11) is 0. The lowest BCUT2D eigenvalue weighted by Crippen LogP contribution is -2.25. The summed E-state index contributed by atoms with van der Waals surface area (Å²) in [6.45, 7) is 0. The zero-order valence-electron chi connectivity index (χ0n) is 6.99. The normalized spacial score (nSPS) is 26.5. The first-order valence-corrected chi connectivity index (χ1v) is 4.24. The fourth-order valence-corrected chi connectivity index (χ4v) is 1.71. The Morgan fingerprint density at radius 3 is 3.00 bits per heavy atom. The number of carboxylic acids is 1. The van der Waals surface area contributed by atoms with Crippen molar-refractivity contribution in [2.45, 2.75) is 19.3 Å². The number of hydrogen-bond acceptors (Lipinski definition) is 2. The van der Waals surface area contributed by atoms with Gasteiger partial charge in [0.05, 0.1) is 0 Å². The Labute approximate surface area is 75.0 Å². The second-order valence-corrected chi connectivity index (χ2v) is 3.26. The first-order chi connectivity index (χ1) is 6.18.